The molecule has 0 heterocycles. The van der Waals surface area contributed by atoms with E-state index in [1.54, 1.807) is 0 Å². The van der Waals surface area contributed by atoms with Gasteiger partial charge in [0, 0.05) is 6.08 Å². The molecule has 0 bridgehead atoms. The Morgan fingerprint density at radius 3 is 2.10 bits per heavy atom. The molecule has 0 aliphatic rings. The smallest absolute Gasteiger partial charge is 0.348 e. The van der Waals surface area contributed by atoms with E-state index in [4.69, 9.17) is 20.4 Å². The van der Waals surface area contributed by atoms with Gasteiger partial charge in [0.25, 0.3) is 0 Å². The van der Waals surface area contributed by atoms with Crippen molar-refractivity contribution in [2.75, 3.05) is 0 Å². The molecule has 112 valence electrons. The summed E-state index contributed by atoms with van der Waals surface area (Å²) in [5.41, 5.74) is 0.524. The van der Waals surface area contributed by atoms with Crippen molar-refractivity contribution in [1.29, 1.82) is 0 Å². The van der Waals surface area contributed by atoms with E-state index in [2.05, 4.69) is 4.74 Å². The largest absolute Gasteiger partial charge is 0.508 e. The van der Waals surface area contributed by atoms with Gasteiger partial charge in [0.15, 0.2) is 6.10 Å². The quantitative estimate of drug-likeness (QED) is 0.419. The molecule has 0 aliphatic carbocycles. The van der Waals surface area contributed by atoms with Crippen LogP contribution in [0.1, 0.15) is 5.56 Å². The van der Waals surface area contributed by atoms with Crippen LogP contribution < -0.4 is 0 Å². The summed E-state index contributed by atoms with van der Waals surface area (Å²) in [7, 11) is 0. The van der Waals surface area contributed by atoms with E-state index in [1.165, 1.54) is 30.3 Å². The standard InChI is InChI=1S/C13H12O8/c14-8-4-1-7(2-5-8)3-6-9(15)21-11(13(19)20)10(16)12(17)18/h1-6,10-11,14,16H,(H,17,18)(H,19,20)/t10-,11-/m1/s1. The van der Waals surface area contributed by atoms with Crippen molar-refractivity contribution in [3.63, 3.8) is 0 Å². The van der Waals surface area contributed by atoms with Crippen LogP contribution in [0.25, 0.3) is 6.08 Å². The average molecular weight is 296 g/mol. The fourth-order valence-corrected chi connectivity index (χ4v) is 1.29. The van der Waals surface area contributed by atoms with Gasteiger partial charge in [-0.1, -0.05) is 12.1 Å². The van der Waals surface area contributed by atoms with Crippen LogP contribution in [0, 0.1) is 0 Å². The van der Waals surface area contributed by atoms with Crippen molar-refractivity contribution in [2.45, 2.75) is 12.2 Å². The summed E-state index contributed by atoms with van der Waals surface area (Å²) in [5.74, 6) is -4.70. The van der Waals surface area contributed by atoms with Crippen LogP contribution in [0.2, 0.25) is 0 Å². The maximum Gasteiger partial charge on any atom is 0.348 e. The van der Waals surface area contributed by atoms with Crippen molar-refractivity contribution < 1.29 is 39.5 Å². The lowest BCUT2D eigenvalue weighted by Gasteiger charge is -2.15. The zero-order chi connectivity index (χ0) is 16.0. The van der Waals surface area contributed by atoms with Crippen molar-refractivity contribution in [3.8, 4) is 5.75 Å². The summed E-state index contributed by atoms with van der Waals surface area (Å²) in [4.78, 5) is 32.6. The number of carboxylic acid groups (broad SMARTS) is 2. The summed E-state index contributed by atoms with van der Waals surface area (Å²) in [6.45, 7) is 0. The molecule has 8 nitrogen and oxygen atoms in total. The second-order valence-corrected chi connectivity index (χ2v) is 3.90. The van der Waals surface area contributed by atoms with Crippen LogP contribution >= 0.6 is 0 Å². The van der Waals surface area contributed by atoms with Crippen LogP contribution in [0.4, 0.5) is 0 Å². The minimum atomic E-state index is -2.37. The molecule has 4 N–H and O–H groups in total. The molecule has 0 amide bonds. The second kappa shape index (κ2) is 7.06. The number of aromatic hydroxyl groups is 1. The number of phenols is 1. The molecule has 0 fully saturated rings. The molecule has 0 aliphatic heterocycles. The summed E-state index contributed by atoms with van der Waals surface area (Å²) in [6, 6.07) is 5.72. The Morgan fingerprint density at radius 1 is 1.05 bits per heavy atom. The third-order valence-electron chi connectivity index (χ3n) is 2.33. The molecule has 1 aromatic carbocycles. The summed E-state index contributed by atoms with van der Waals surface area (Å²) in [5, 5.41) is 35.4. The number of phenolic OH excluding ortho intramolecular Hbond substituents is 1. The number of aliphatic carboxylic acids is 2. The van der Waals surface area contributed by atoms with E-state index in [0.29, 0.717) is 5.56 Å². The molecule has 21 heavy (non-hydrogen) atoms. The molecule has 8 heteroatoms. The molecule has 1 aromatic rings. The molecule has 0 aromatic heterocycles. The minimum absolute atomic E-state index is 0.0326. The van der Waals surface area contributed by atoms with Crippen molar-refractivity contribution in [2.24, 2.45) is 0 Å². The maximum atomic E-state index is 11.4. The Hall–Kier alpha value is -2.87. The van der Waals surface area contributed by atoms with Gasteiger partial charge in [0.2, 0.25) is 6.10 Å². The second-order valence-electron chi connectivity index (χ2n) is 3.90. The highest BCUT2D eigenvalue weighted by molar-refractivity contribution is 5.91. The molecule has 1 rings (SSSR count). The monoisotopic (exact) mass is 296 g/mol. The van der Waals surface area contributed by atoms with E-state index in [1.807, 2.05) is 0 Å². The average Bonchev–Trinajstić information content (AvgIpc) is 2.43. The van der Waals surface area contributed by atoms with E-state index >= 15 is 0 Å². The van der Waals surface area contributed by atoms with Gasteiger partial charge in [-0.3, -0.25) is 0 Å². The lowest BCUT2D eigenvalue weighted by molar-refractivity contribution is -0.176. The predicted molar refractivity (Wildman–Crippen MR) is 68.3 cm³/mol. The topological polar surface area (TPSA) is 141 Å². The SMILES string of the molecule is O=C(C=Cc1ccc(O)cc1)O[C@@H](C(=O)O)[C@@H](O)C(=O)O. The Morgan fingerprint density at radius 2 is 1.62 bits per heavy atom. The van der Waals surface area contributed by atoms with Crippen molar-refractivity contribution in [3.05, 3.63) is 35.9 Å². The first kappa shape index (κ1) is 16.2. The predicted octanol–water partition coefficient (Wildman–Crippen LogP) is -0.153. The van der Waals surface area contributed by atoms with Crippen LogP contribution in [0.15, 0.2) is 30.3 Å². The Kier molecular flexibility index (Phi) is 5.44. The number of aliphatic hydroxyl groups is 1. The van der Waals surface area contributed by atoms with Gasteiger partial charge in [-0.25, -0.2) is 14.4 Å². The summed E-state index contributed by atoms with van der Waals surface area (Å²) in [6.07, 6.45) is -2.43. The van der Waals surface area contributed by atoms with Crippen LogP contribution in [-0.2, 0) is 19.1 Å². The van der Waals surface area contributed by atoms with Gasteiger partial charge in [-0.05, 0) is 23.8 Å². The lowest BCUT2D eigenvalue weighted by Crippen LogP contribution is -2.42. The molecular weight excluding hydrogens is 284 g/mol. The van der Waals surface area contributed by atoms with E-state index < -0.39 is 30.1 Å². The fraction of sp³-hybridized carbons (Fsp3) is 0.154. The first-order valence-corrected chi connectivity index (χ1v) is 5.62. The van der Waals surface area contributed by atoms with Gasteiger partial charge in [-0.2, -0.15) is 0 Å². The zero-order valence-corrected chi connectivity index (χ0v) is 10.5. The van der Waals surface area contributed by atoms with Gasteiger partial charge in [0.05, 0.1) is 0 Å². The first-order chi connectivity index (χ1) is 9.81. The summed E-state index contributed by atoms with van der Waals surface area (Å²) < 4.78 is 4.37. The molecule has 0 saturated carbocycles. The first-order valence-electron chi connectivity index (χ1n) is 5.62. The van der Waals surface area contributed by atoms with Crippen LogP contribution in [0.5, 0.6) is 5.75 Å². The molecule has 0 spiro atoms. The molecule has 2 atom stereocenters. The lowest BCUT2D eigenvalue weighted by atomic mass is 10.2. The van der Waals surface area contributed by atoms with E-state index in [-0.39, 0.29) is 5.75 Å². The van der Waals surface area contributed by atoms with Crippen LogP contribution in [-0.4, -0.2) is 50.5 Å². The van der Waals surface area contributed by atoms with Gasteiger partial charge in [0.1, 0.15) is 5.75 Å². The highest BCUT2D eigenvalue weighted by Crippen LogP contribution is 2.11. The van der Waals surface area contributed by atoms with E-state index in [0.717, 1.165) is 6.08 Å². The number of carboxylic acids is 2. The van der Waals surface area contributed by atoms with E-state index in [9.17, 15) is 14.4 Å². The van der Waals surface area contributed by atoms with Gasteiger partial charge >= 0.3 is 17.9 Å². The minimum Gasteiger partial charge on any atom is -0.508 e. The highest BCUT2D eigenvalue weighted by atomic mass is 16.6. The zero-order valence-electron chi connectivity index (χ0n) is 10.5. The third kappa shape index (κ3) is 4.96. The number of ether oxygens (including phenoxy) is 1. The number of hydrogen-bond donors (Lipinski definition) is 4. The molecule has 0 unspecified atom stereocenters. The fourth-order valence-electron chi connectivity index (χ4n) is 1.29. The van der Waals surface area contributed by atoms with Crippen molar-refractivity contribution in [1.82, 2.24) is 0 Å². The Labute approximate surface area is 118 Å². The third-order valence-corrected chi connectivity index (χ3v) is 2.33. The number of benzene rings is 1. The Bertz CT molecular complexity index is 560. The summed E-state index contributed by atoms with van der Waals surface area (Å²) >= 11 is 0. The molecular formula is C13H12O8. The Balaban J connectivity index is 2.72. The number of carbonyl (C=O) groups excluding carboxylic acids is 1. The number of aliphatic hydroxyl groups excluding tert-OH is 1. The van der Waals surface area contributed by atoms with Crippen molar-refractivity contribution >= 4 is 24.0 Å². The molecule has 0 saturated heterocycles. The number of carbonyl (C=O) groups is 3. The number of esters is 1. The molecule has 0 radical (unpaired) electrons. The van der Waals surface area contributed by atoms with Crippen LogP contribution in [0.3, 0.4) is 0 Å². The van der Waals surface area contributed by atoms with Gasteiger partial charge in [-0.15, -0.1) is 0 Å². The number of rotatable bonds is 6. The number of hydrogen-bond acceptors (Lipinski definition) is 6. The normalized spacial score (nSPS) is 13.6. The van der Waals surface area contributed by atoms with Gasteiger partial charge < -0.3 is 25.2 Å². The maximum absolute atomic E-state index is 11.4. The highest BCUT2D eigenvalue weighted by Gasteiger charge is 2.35.